The van der Waals surface area contributed by atoms with Crippen molar-refractivity contribution < 1.29 is 19.7 Å². The standard InChI is InChI=1S/C20H28N4O4S2/c1-11-17(29-19(21-11)23-3-7-27-8-4-23)13-15(25)14(16(13)26)18-12(2)22-20(30-18)24-5-9-28-10-6-24/h13-16,25-26H,3-10H2,1-2H3. The molecule has 5 rings (SSSR count). The molecule has 0 bridgehead atoms. The van der Waals surface area contributed by atoms with E-state index in [1.54, 1.807) is 22.7 Å². The van der Waals surface area contributed by atoms with Crippen LogP contribution in [0.15, 0.2) is 0 Å². The predicted octanol–water partition coefficient (Wildman–Crippen LogP) is 1.49. The van der Waals surface area contributed by atoms with Crippen LogP contribution in [-0.2, 0) is 9.47 Å². The molecule has 1 saturated carbocycles. The lowest BCUT2D eigenvalue weighted by molar-refractivity contribution is -0.0765. The molecule has 0 atom stereocenters. The zero-order valence-corrected chi connectivity index (χ0v) is 18.9. The minimum absolute atomic E-state index is 0.296. The van der Waals surface area contributed by atoms with E-state index in [9.17, 15) is 10.2 Å². The fourth-order valence-electron chi connectivity index (χ4n) is 4.51. The van der Waals surface area contributed by atoms with Crippen molar-refractivity contribution in [3.8, 4) is 0 Å². The molecule has 0 spiro atoms. The first-order chi connectivity index (χ1) is 14.5. The van der Waals surface area contributed by atoms with Crippen LogP contribution in [0.4, 0.5) is 10.3 Å². The van der Waals surface area contributed by atoms with E-state index >= 15 is 0 Å². The van der Waals surface area contributed by atoms with Crippen molar-refractivity contribution in [2.24, 2.45) is 0 Å². The van der Waals surface area contributed by atoms with Gasteiger partial charge in [0.05, 0.1) is 50.0 Å². The smallest absolute Gasteiger partial charge is 0.185 e. The van der Waals surface area contributed by atoms with Crippen LogP contribution in [0.25, 0.3) is 0 Å². The van der Waals surface area contributed by atoms with Gasteiger partial charge in [-0.15, -0.1) is 22.7 Å². The van der Waals surface area contributed by atoms with Gasteiger partial charge in [0, 0.05) is 47.8 Å². The Morgan fingerprint density at radius 1 is 0.733 bits per heavy atom. The number of nitrogens with zero attached hydrogens (tertiary/aromatic N) is 4. The third-order valence-electron chi connectivity index (χ3n) is 6.28. The predicted molar refractivity (Wildman–Crippen MR) is 117 cm³/mol. The van der Waals surface area contributed by atoms with E-state index in [4.69, 9.17) is 19.4 Å². The molecule has 1 aliphatic carbocycles. The number of ether oxygens (including phenoxy) is 2. The lowest BCUT2D eigenvalue weighted by Gasteiger charge is -2.45. The molecule has 3 aliphatic rings. The molecule has 4 heterocycles. The van der Waals surface area contributed by atoms with Gasteiger partial charge in [0.1, 0.15) is 0 Å². The molecule has 2 aliphatic heterocycles. The summed E-state index contributed by atoms with van der Waals surface area (Å²) < 4.78 is 10.9. The van der Waals surface area contributed by atoms with Crippen molar-refractivity contribution in [2.75, 3.05) is 62.4 Å². The first-order valence-electron chi connectivity index (χ1n) is 10.5. The summed E-state index contributed by atoms with van der Waals surface area (Å²) in [5, 5.41) is 24.0. The van der Waals surface area contributed by atoms with Crippen molar-refractivity contribution in [3.63, 3.8) is 0 Å². The Morgan fingerprint density at radius 2 is 1.10 bits per heavy atom. The van der Waals surface area contributed by atoms with Crippen LogP contribution < -0.4 is 9.80 Å². The average Bonchev–Trinajstić information content (AvgIpc) is 3.33. The minimum atomic E-state index is -0.631. The minimum Gasteiger partial charge on any atom is -0.392 e. The quantitative estimate of drug-likeness (QED) is 0.721. The van der Waals surface area contributed by atoms with Crippen LogP contribution >= 0.6 is 22.7 Å². The van der Waals surface area contributed by atoms with Crippen LogP contribution in [0.2, 0.25) is 0 Å². The second-order valence-corrected chi connectivity index (χ2v) is 10.1. The molecule has 2 aromatic rings. The Labute approximate surface area is 184 Å². The molecule has 3 fully saturated rings. The summed E-state index contributed by atoms with van der Waals surface area (Å²) in [6.07, 6.45) is -1.26. The molecular formula is C20H28N4O4S2. The molecule has 2 saturated heterocycles. The molecule has 164 valence electrons. The second kappa shape index (κ2) is 8.33. The van der Waals surface area contributed by atoms with E-state index in [1.165, 1.54) is 0 Å². The van der Waals surface area contributed by atoms with E-state index < -0.39 is 12.2 Å². The fourth-order valence-corrected chi connectivity index (χ4v) is 7.11. The van der Waals surface area contributed by atoms with Crippen LogP contribution in [0.3, 0.4) is 0 Å². The van der Waals surface area contributed by atoms with Crippen LogP contribution in [0, 0.1) is 13.8 Å². The van der Waals surface area contributed by atoms with Crippen molar-refractivity contribution in [2.45, 2.75) is 37.9 Å². The number of hydrogen-bond donors (Lipinski definition) is 2. The van der Waals surface area contributed by atoms with Gasteiger partial charge in [-0.3, -0.25) is 0 Å². The monoisotopic (exact) mass is 452 g/mol. The number of morpholine rings is 2. The summed E-state index contributed by atoms with van der Waals surface area (Å²) in [5.41, 5.74) is 1.80. The zero-order chi connectivity index (χ0) is 20.8. The van der Waals surface area contributed by atoms with Crippen molar-refractivity contribution in [1.29, 1.82) is 0 Å². The van der Waals surface area contributed by atoms with Crippen LogP contribution in [0.5, 0.6) is 0 Å². The van der Waals surface area contributed by atoms with Crippen LogP contribution in [-0.4, -0.2) is 85.0 Å². The van der Waals surface area contributed by atoms with E-state index in [1.807, 2.05) is 13.8 Å². The van der Waals surface area contributed by atoms with E-state index in [0.29, 0.717) is 26.4 Å². The van der Waals surface area contributed by atoms with Gasteiger partial charge in [-0.1, -0.05) is 0 Å². The highest BCUT2D eigenvalue weighted by Gasteiger charge is 2.53. The fraction of sp³-hybridized carbons (Fsp3) is 0.700. The van der Waals surface area contributed by atoms with Gasteiger partial charge >= 0.3 is 0 Å². The Kier molecular flexibility index (Phi) is 5.72. The van der Waals surface area contributed by atoms with Gasteiger partial charge in [0.25, 0.3) is 0 Å². The zero-order valence-electron chi connectivity index (χ0n) is 17.3. The highest BCUT2D eigenvalue weighted by molar-refractivity contribution is 7.16. The lowest BCUT2D eigenvalue weighted by atomic mass is 9.67. The maximum atomic E-state index is 11.1. The van der Waals surface area contributed by atoms with E-state index in [0.717, 1.165) is 57.6 Å². The van der Waals surface area contributed by atoms with Crippen molar-refractivity contribution >= 4 is 32.9 Å². The lowest BCUT2D eigenvalue weighted by Crippen LogP contribution is -2.51. The third kappa shape index (κ3) is 3.53. The summed E-state index contributed by atoms with van der Waals surface area (Å²) in [5.74, 6) is -0.591. The molecule has 30 heavy (non-hydrogen) atoms. The normalized spacial score (nSPS) is 29.9. The number of aliphatic hydroxyl groups is 2. The number of aliphatic hydroxyl groups excluding tert-OH is 2. The molecule has 2 N–H and O–H groups in total. The summed E-state index contributed by atoms with van der Waals surface area (Å²) >= 11 is 3.18. The Morgan fingerprint density at radius 3 is 1.47 bits per heavy atom. The summed E-state index contributed by atoms with van der Waals surface area (Å²) in [7, 11) is 0. The van der Waals surface area contributed by atoms with Gasteiger partial charge < -0.3 is 29.5 Å². The number of anilines is 2. The first-order valence-corrected chi connectivity index (χ1v) is 12.1. The molecule has 0 aromatic carbocycles. The number of aryl methyl sites for hydroxylation is 2. The first kappa shape index (κ1) is 20.6. The van der Waals surface area contributed by atoms with Gasteiger partial charge in [0.2, 0.25) is 0 Å². The summed E-state index contributed by atoms with van der Waals surface area (Å²) in [4.78, 5) is 15.9. The van der Waals surface area contributed by atoms with Gasteiger partial charge in [-0.25, -0.2) is 9.97 Å². The topological polar surface area (TPSA) is 91.2 Å². The third-order valence-corrected chi connectivity index (χ3v) is 8.92. The van der Waals surface area contributed by atoms with Crippen molar-refractivity contribution in [3.05, 3.63) is 21.1 Å². The van der Waals surface area contributed by atoms with Gasteiger partial charge in [0.15, 0.2) is 10.3 Å². The maximum absolute atomic E-state index is 11.1. The highest BCUT2D eigenvalue weighted by Crippen LogP contribution is 2.53. The SMILES string of the molecule is Cc1nc(N2CCOCC2)sc1C1C(O)C(c2sc(N3CCOCC3)nc2C)C1O. The largest absolute Gasteiger partial charge is 0.392 e. The maximum Gasteiger partial charge on any atom is 0.185 e. The number of hydrogen-bond acceptors (Lipinski definition) is 10. The van der Waals surface area contributed by atoms with Gasteiger partial charge in [-0.05, 0) is 13.8 Å². The number of rotatable bonds is 4. The summed E-state index contributed by atoms with van der Waals surface area (Å²) in [6, 6.07) is 0. The molecule has 0 amide bonds. The Bertz CT molecular complexity index is 811. The molecule has 0 unspecified atom stereocenters. The molecular weight excluding hydrogens is 424 g/mol. The molecule has 8 nitrogen and oxygen atoms in total. The molecule has 0 radical (unpaired) electrons. The van der Waals surface area contributed by atoms with Crippen molar-refractivity contribution in [1.82, 2.24) is 9.97 Å². The van der Waals surface area contributed by atoms with Crippen LogP contribution in [0.1, 0.15) is 33.0 Å². The van der Waals surface area contributed by atoms with E-state index in [-0.39, 0.29) is 11.8 Å². The Balaban J connectivity index is 1.34. The summed E-state index contributed by atoms with van der Waals surface area (Å²) in [6.45, 7) is 10.1. The van der Waals surface area contributed by atoms with E-state index in [2.05, 4.69) is 9.80 Å². The van der Waals surface area contributed by atoms with Gasteiger partial charge in [-0.2, -0.15) is 0 Å². The number of aromatic nitrogens is 2. The molecule has 2 aromatic heterocycles. The number of thiazole rings is 2. The second-order valence-electron chi connectivity index (χ2n) is 8.12. The average molecular weight is 453 g/mol. The molecule has 10 heteroatoms. The highest BCUT2D eigenvalue weighted by atomic mass is 32.1. The Hall–Kier alpha value is -1.30.